The molecule has 0 radical (unpaired) electrons. The molecule has 0 fully saturated rings. The lowest BCUT2D eigenvalue weighted by Gasteiger charge is -2.13. The Morgan fingerprint density at radius 2 is 2.06 bits per heavy atom. The Morgan fingerprint density at radius 1 is 1.31 bits per heavy atom. The third-order valence-corrected chi connectivity index (χ3v) is 3.37. The Bertz CT molecular complexity index is 342. The van der Waals surface area contributed by atoms with Crippen LogP contribution in [-0.2, 0) is 17.7 Å². The molecular weight excluding hydrogens is 222 g/mol. The lowest BCUT2D eigenvalue weighted by atomic mass is 10.1. The van der Waals surface area contributed by atoms with Gasteiger partial charge in [0.25, 0.3) is 0 Å². The number of benzene rings is 1. The molecule has 0 unspecified atom stereocenters. The summed E-state index contributed by atoms with van der Waals surface area (Å²) in [6, 6.07) is 4.28. The molecule has 0 aliphatic rings. The van der Waals surface area contributed by atoms with Crippen molar-refractivity contribution in [1.29, 1.82) is 0 Å². The minimum Gasteiger partial charge on any atom is -0.496 e. The first kappa shape index (κ1) is 13.4. The number of rotatable bonds is 6. The summed E-state index contributed by atoms with van der Waals surface area (Å²) in [5.41, 5.74) is 2.47. The Balaban J connectivity index is 3.05. The molecule has 0 aromatic heterocycles. The smallest absolute Gasteiger partial charge is 0.122 e. The molecule has 2 N–H and O–H groups in total. The molecule has 90 valence electrons. The molecule has 0 heterocycles. The molecule has 0 bridgehead atoms. The first-order chi connectivity index (χ1) is 7.76. The summed E-state index contributed by atoms with van der Waals surface area (Å²) < 4.78 is 5.38. The predicted molar refractivity (Wildman–Crippen MR) is 68.0 cm³/mol. The van der Waals surface area contributed by atoms with Gasteiger partial charge in [-0.15, -0.1) is 11.8 Å². The van der Waals surface area contributed by atoms with Crippen molar-refractivity contribution in [1.82, 2.24) is 0 Å². The maximum Gasteiger partial charge on any atom is 0.122 e. The van der Waals surface area contributed by atoms with Gasteiger partial charge in [-0.3, -0.25) is 0 Å². The lowest BCUT2D eigenvalue weighted by molar-refractivity contribution is 0.140. The Morgan fingerprint density at radius 3 is 2.56 bits per heavy atom. The molecule has 4 heteroatoms. The molecule has 0 saturated heterocycles. The quantitative estimate of drug-likeness (QED) is 0.613. The van der Waals surface area contributed by atoms with Crippen LogP contribution < -0.4 is 10.6 Å². The van der Waals surface area contributed by atoms with Gasteiger partial charge in [0, 0.05) is 11.3 Å². The van der Waals surface area contributed by atoms with Crippen LogP contribution in [-0.4, -0.2) is 20.0 Å². The number of thioether (sulfide) groups is 1. The fourth-order valence-corrected chi connectivity index (χ4v) is 2.39. The summed E-state index contributed by atoms with van der Waals surface area (Å²) in [7, 11) is 1.69. The highest BCUT2D eigenvalue weighted by Gasteiger charge is 2.08. The number of nitrogens with two attached hydrogens (primary N) is 1. The molecule has 3 nitrogen and oxygen atoms in total. The van der Waals surface area contributed by atoms with Crippen LogP contribution in [0.1, 0.15) is 18.1 Å². The van der Waals surface area contributed by atoms with Gasteiger partial charge in [0.2, 0.25) is 0 Å². The van der Waals surface area contributed by atoms with Crippen LogP contribution in [0.25, 0.3) is 0 Å². The molecule has 1 aromatic rings. The largest absolute Gasteiger partial charge is 0.496 e. The van der Waals surface area contributed by atoms with Gasteiger partial charge in [-0.2, -0.15) is 0 Å². The van der Waals surface area contributed by atoms with Crippen molar-refractivity contribution in [3.05, 3.63) is 23.3 Å². The van der Waals surface area contributed by atoms with E-state index in [4.69, 9.17) is 10.6 Å². The second-order valence-electron chi connectivity index (χ2n) is 3.45. The van der Waals surface area contributed by atoms with Gasteiger partial charge < -0.3 is 9.57 Å². The van der Waals surface area contributed by atoms with E-state index in [-0.39, 0.29) is 0 Å². The second kappa shape index (κ2) is 6.78. The minimum atomic E-state index is 0.510. The zero-order chi connectivity index (χ0) is 12.0. The Kier molecular flexibility index (Phi) is 5.66. The average Bonchev–Trinajstić information content (AvgIpc) is 2.35. The first-order valence-electron chi connectivity index (χ1n) is 5.32. The molecule has 0 atom stereocenters. The normalized spacial score (nSPS) is 10.5. The number of ether oxygens (including phenoxy) is 1. The summed E-state index contributed by atoms with van der Waals surface area (Å²) in [5, 5.41) is 0. The number of hydrogen-bond donors (Lipinski definition) is 1. The third-order valence-electron chi connectivity index (χ3n) is 2.55. The second-order valence-corrected chi connectivity index (χ2v) is 4.30. The highest BCUT2D eigenvalue weighted by atomic mass is 32.2. The van der Waals surface area contributed by atoms with Gasteiger partial charge in [0.05, 0.1) is 13.7 Å². The van der Waals surface area contributed by atoms with Crippen LogP contribution in [0.4, 0.5) is 0 Å². The molecule has 1 aromatic carbocycles. The molecule has 0 amide bonds. The van der Waals surface area contributed by atoms with Crippen LogP contribution >= 0.6 is 11.8 Å². The topological polar surface area (TPSA) is 44.5 Å². The van der Waals surface area contributed by atoms with E-state index in [1.165, 1.54) is 10.5 Å². The van der Waals surface area contributed by atoms with E-state index >= 15 is 0 Å². The van der Waals surface area contributed by atoms with Gasteiger partial charge >= 0.3 is 0 Å². The number of methoxy groups -OCH3 is 1. The van der Waals surface area contributed by atoms with E-state index in [2.05, 4.69) is 30.1 Å². The zero-order valence-electron chi connectivity index (χ0n) is 10.1. The van der Waals surface area contributed by atoms with Crippen LogP contribution in [0, 0.1) is 0 Å². The standard InChI is InChI=1S/C12H19NO2S/c1-4-9-7-11(14-2)10(5-6-15-13)8-12(9)16-3/h7-8H,4-6,13H2,1-3H3. The molecule has 0 aliphatic carbocycles. The first-order valence-corrected chi connectivity index (χ1v) is 6.54. The minimum absolute atomic E-state index is 0.510. The Hall–Kier alpha value is -0.710. The molecule has 1 rings (SSSR count). The highest BCUT2D eigenvalue weighted by molar-refractivity contribution is 7.98. The van der Waals surface area contributed by atoms with Crippen molar-refractivity contribution in [3.8, 4) is 5.75 Å². The van der Waals surface area contributed by atoms with Gasteiger partial charge in [0.1, 0.15) is 5.75 Å². The number of aryl methyl sites for hydroxylation is 1. The maximum absolute atomic E-state index is 5.38. The van der Waals surface area contributed by atoms with Gasteiger partial charge in [0.15, 0.2) is 0 Å². The molecular formula is C12H19NO2S. The summed E-state index contributed by atoms with van der Waals surface area (Å²) in [6.45, 7) is 2.66. The van der Waals surface area contributed by atoms with Crippen molar-refractivity contribution >= 4 is 11.8 Å². The van der Waals surface area contributed by atoms with Crippen LogP contribution in [0.3, 0.4) is 0 Å². The van der Waals surface area contributed by atoms with E-state index in [1.807, 2.05) is 0 Å². The van der Waals surface area contributed by atoms with E-state index < -0.39 is 0 Å². The average molecular weight is 241 g/mol. The van der Waals surface area contributed by atoms with Crippen LogP contribution in [0.5, 0.6) is 5.75 Å². The van der Waals surface area contributed by atoms with Crippen LogP contribution in [0.15, 0.2) is 17.0 Å². The number of hydrogen-bond acceptors (Lipinski definition) is 4. The molecule has 0 spiro atoms. The summed E-state index contributed by atoms with van der Waals surface area (Å²) >= 11 is 1.76. The van der Waals surface area contributed by atoms with E-state index in [0.717, 1.165) is 24.2 Å². The molecule has 0 aliphatic heterocycles. The maximum atomic E-state index is 5.38. The summed E-state index contributed by atoms with van der Waals surface area (Å²) in [4.78, 5) is 5.91. The van der Waals surface area contributed by atoms with Crippen molar-refractivity contribution in [3.63, 3.8) is 0 Å². The molecule has 0 saturated carbocycles. The van der Waals surface area contributed by atoms with Crippen LogP contribution in [0.2, 0.25) is 0 Å². The summed E-state index contributed by atoms with van der Waals surface area (Å²) in [5.74, 6) is 5.97. The highest BCUT2D eigenvalue weighted by Crippen LogP contribution is 2.29. The molecule has 16 heavy (non-hydrogen) atoms. The van der Waals surface area contributed by atoms with Gasteiger partial charge in [-0.05, 0) is 35.9 Å². The fraction of sp³-hybridized carbons (Fsp3) is 0.500. The predicted octanol–water partition coefficient (Wildman–Crippen LogP) is 2.41. The van der Waals surface area contributed by atoms with Crippen molar-refractivity contribution < 1.29 is 9.57 Å². The van der Waals surface area contributed by atoms with E-state index in [0.29, 0.717) is 6.61 Å². The van der Waals surface area contributed by atoms with Gasteiger partial charge in [-0.1, -0.05) is 6.92 Å². The van der Waals surface area contributed by atoms with Crippen molar-refractivity contribution in [2.75, 3.05) is 20.0 Å². The monoisotopic (exact) mass is 241 g/mol. The Labute approximate surface area is 101 Å². The van der Waals surface area contributed by atoms with Crippen molar-refractivity contribution in [2.24, 2.45) is 5.90 Å². The van der Waals surface area contributed by atoms with Crippen molar-refractivity contribution in [2.45, 2.75) is 24.7 Å². The fourth-order valence-electron chi connectivity index (χ4n) is 1.66. The SMILES string of the molecule is CCc1cc(OC)c(CCON)cc1SC. The lowest BCUT2D eigenvalue weighted by Crippen LogP contribution is -2.05. The van der Waals surface area contributed by atoms with Gasteiger partial charge in [-0.25, -0.2) is 5.90 Å². The summed E-state index contributed by atoms with van der Waals surface area (Å²) in [6.07, 6.45) is 3.88. The zero-order valence-corrected chi connectivity index (χ0v) is 10.9. The third kappa shape index (κ3) is 3.14. The van der Waals surface area contributed by atoms with E-state index in [1.54, 1.807) is 18.9 Å². The van der Waals surface area contributed by atoms with E-state index in [9.17, 15) is 0 Å².